The molecule has 2 N–H and O–H groups in total. The molecule has 2 atom stereocenters. The van der Waals surface area contributed by atoms with Gasteiger partial charge < -0.3 is 10.4 Å². The first-order chi connectivity index (χ1) is 5.06. The molecule has 0 spiro atoms. The summed E-state index contributed by atoms with van der Waals surface area (Å²) in [6.07, 6.45) is 0.235. The lowest BCUT2D eigenvalue weighted by atomic mass is 10.1. The van der Waals surface area contributed by atoms with E-state index in [2.05, 4.69) is 21.2 Å². The van der Waals surface area contributed by atoms with Gasteiger partial charge in [-0.25, -0.2) is 0 Å². The van der Waals surface area contributed by atoms with Crippen LogP contribution in [-0.2, 0) is 4.79 Å². The van der Waals surface area contributed by atoms with Crippen molar-refractivity contribution in [2.24, 2.45) is 0 Å². The van der Waals surface area contributed by atoms with E-state index in [-0.39, 0.29) is 18.1 Å². The highest BCUT2D eigenvalue weighted by Crippen LogP contribution is 1.96. The Morgan fingerprint density at radius 2 is 2.18 bits per heavy atom. The molecule has 66 valence electrons. The minimum atomic E-state index is -0.361. The fraction of sp³-hybridized carbons (Fsp3) is 0.857. The number of halogens is 1. The summed E-state index contributed by atoms with van der Waals surface area (Å²) in [6, 6.07) is 0.0417. The van der Waals surface area contributed by atoms with Crippen LogP contribution in [-0.4, -0.2) is 28.5 Å². The van der Waals surface area contributed by atoms with Crippen molar-refractivity contribution in [3.63, 3.8) is 0 Å². The van der Waals surface area contributed by atoms with Crippen molar-refractivity contribution in [3.05, 3.63) is 0 Å². The molecule has 3 nitrogen and oxygen atoms in total. The second-order valence-corrected chi connectivity index (χ2v) is 3.25. The molecule has 0 aromatic heterocycles. The number of rotatable bonds is 4. The third-order valence-electron chi connectivity index (χ3n) is 1.22. The number of carbonyl (C=O) groups excluding carboxylic acids is 1. The molecule has 0 aromatic rings. The molecule has 11 heavy (non-hydrogen) atoms. The zero-order valence-electron chi connectivity index (χ0n) is 6.80. The number of hydrogen-bond donors (Lipinski definition) is 2. The molecule has 0 aromatic carbocycles. The number of alkyl halides is 1. The summed E-state index contributed by atoms with van der Waals surface area (Å²) in [5, 5.41) is 12.0. The number of carbonyl (C=O) groups is 1. The minimum Gasteiger partial charge on any atom is -0.393 e. The van der Waals surface area contributed by atoms with Crippen molar-refractivity contribution in [1.82, 2.24) is 5.32 Å². The van der Waals surface area contributed by atoms with Crippen LogP contribution in [0.1, 0.15) is 20.3 Å². The van der Waals surface area contributed by atoms with Crippen molar-refractivity contribution in [2.75, 3.05) is 5.33 Å². The van der Waals surface area contributed by atoms with Gasteiger partial charge in [-0.15, -0.1) is 0 Å². The lowest BCUT2D eigenvalue weighted by molar-refractivity contribution is -0.119. The molecule has 0 heterocycles. The van der Waals surface area contributed by atoms with Gasteiger partial charge in [-0.05, 0) is 20.3 Å². The van der Waals surface area contributed by atoms with Crippen LogP contribution in [0.3, 0.4) is 0 Å². The van der Waals surface area contributed by atoms with E-state index >= 15 is 0 Å². The van der Waals surface area contributed by atoms with E-state index in [0.29, 0.717) is 11.8 Å². The fourth-order valence-electron chi connectivity index (χ4n) is 0.884. The Kier molecular flexibility index (Phi) is 5.50. The van der Waals surface area contributed by atoms with Gasteiger partial charge >= 0.3 is 0 Å². The largest absolute Gasteiger partial charge is 0.393 e. The van der Waals surface area contributed by atoms with Crippen molar-refractivity contribution >= 4 is 21.8 Å². The summed E-state index contributed by atoms with van der Waals surface area (Å²) in [6.45, 7) is 3.57. The predicted octanol–water partition coefficient (Wildman–Crippen LogP) is 0.657. The summed E-state index contributed by atoms with van der Waals surface area (Å²) in [4.78, 5) is 10.8. The van der Waals surface area contributed by atoms with Gasteiger partial charge in [0.05, 0.1) is 11.4 Å². The minimum absolute atomic E-state index is 0.0417. The molecule has 1 amide bonds. The SMILES string of the molecule is CC(O)CC(C)NC(=O)CBr. The van der Waals surface area contributed by atoms with Crippen LogP contribution in [0.25, 0.3) is 0 Å². The Hall–Kier alpha value is -0.0900. The molecular formula is C7H14BrNO2. The average molecular weight is 224 g/mol. The second kappa shape index (κ2) is 5.55. The van der Waals surface area contributed by atoms with E-state index in [0.717, 1.165) is 0 Å². The lowest BCUT2D eigenvalue weighted by Crippen LogP contribution is -2.35. The van der Waals surface area contributed by atoms with Gasteiger partial charge in [0.2, 0.25) is 5.91 Å². The van der Waals surface area contributed by atoms with E-state index in [1.54, 1.807) is 6.92 Å². The van der Waals surface area contributed by atoms with Crippen molar-refractivity contribution in [1.29, 1.82) is 0 Å². The van der Waals surface area contributed by atoms with Gasteiger partial charge in [0.25, 0.3) is 0 Å². The van der Waals surface area contributed by atoms with Gasteiger partial charge in [0.1, 0.15) is 0 Å². The fourth-order valence-corrected chi connectivity index (χ4v) is 1.05. The summed E-state index contributed by atoms with van der Waals surface area (Å²) in [5.41, 5.74) is 0. The van der Waals surface area contributed by atoms with E-state index in [9.17, 15) is 4.79 Å². The van der Waals surface area contributed by atoms with Crippen molar-refractivity contribution < 1.29 is 9.90 Å². The zero-order valence-corrected chi connectivity index (χ0v) is 8.39. The first-order valence-electron chi connectivity index (χ1n) is 3.59. The maximum atomic E-state index is 10.8. The lowest BCUT2D eigenvalue weighted by Gasteiger charge is -2.14. The summed E-state index contributed by atoms with van der Waals surface area (Å²) >= 11 is 3.03. The van der Waals surface area contributed by atoms with Crippen molar-refractivity contribution in [2.45, 2.75) is 32.4 Å². The maximum absolute atomic E-state index is 10.8. The first kappa shape index (κ1) is 10.9. The standard InChI is InChI=1S/C7H14BrNO2/c1-5(3-6(2)10)9-7(11)4-8/h5-6,10H,3-4H2,1-2H3,(H,9,11). The molecule has 0 radical (unpaired) electrons. The highest BCUT2D eigenvalue weighted by Gasteiger charge is 2.07. The Morgan fingerprint density at radius 1 is 1.64 bits per heavy atom. The Labute approximate surface area is 75.3 Å². The van der Waals surface area contributed by atoms with Crippen LogP contribution in [0.5, 0.6) is 0 Å². The molecule has 4 heteroatoms. The molecule has 2 unspecified atom stereocenters. The predicted molar refractivity (Wildman–Crippen MR) is 47.7 cm³/mol. The van der Waals surface area contributed by atoms with Gasteiger partial charge in [-0.3, -0.25) is 4.79 Å². The van der Waals surface area contributed by atoms with E-state index in [1.165, 1.54) is 0 Å². The highest BCUT2D eigenvalue weighted by molar-refractivity contribution is 9.09. The average Bonchev–Trinajstić information content (AvgIpc) is 1.85. The number of hydrogen-bond acceptors (Lipinski definition) is 2. The molecule has 0 fully saturated rings. The normalized spacial score (nSPS) is 15.6. The third-order valence-corrected chi connectivity index (χ3v) is 1.73. The molecule has 0 aliphatic heterocycles. The molecule has 0 bridgehead atoms. The molecular weight excluding hydrogens is 210 g/mol. The van der Waals surface area contributed by atoms with Crippen LogP contribution in [0, 0.1) is 0 Å². The number of amides is 1. The number of aliphatic hydroxyl groups excluding tert-OH is 1. The Morgan fingerprint density at radius 3 is 2.55 bits per heavy atom. The van der Waals surface area contributed by atoms with Crippen LogP contribution >= 0.6 is 15.9 Å². The molecule has 0 aliphatic rings. The van der Waals surface area contributed by atoms with Gasteiger partial charge in [0, 0.05) is 6.04 Å². The quantitative estimate of drug-likeness (QED) is 0.689. The highest BCUT2D eigenvalue weighted by atomic mass is 79.9. The molecule has 0 aliphatic carbocycles. The first-order valence-corrected chi connectivity index (χ1v) is 4.71. The summed E-state index contributed by atoms with van der Waals surface area (Å²) in [5.74, 6) is -0.0434. The molecule has 0 rings (SSSR count). The van der Waals surface area contributed by atoms with Crippen molar-refractivity contribution in [3.8, 4) is 0 Å². The van der Waals surface area contributed by atoms with E-state index in [4.69, 9.17) is 5.11 Å². The van der Waals surface area contributed by atoms with Crippen LogP contribution in [0.4, 0.5) is 0 Å². The van der Waals surface area contributed by atoms with Crippen LogP contribution < -0.4 is 5.32 Å². The number of aliphatic hydroxyl groups is 1. The van der Waals surface area contributed by atoms with E-state index in [1.807, 2.05) is 6.92 Å². The zero-order chi connectivity index (χ0) is 8.85. The smallest absolute Gasteiger partial charge is 0.230 e. The van der Waals surface area contributed by atoms with Crippen LogP contribution in [0.15, 0.2) is 0 Å². The molecule has 0 saturated heterocycles. The Bertz CT molecular complexity index is 128. The van der Waals surface area contributed by atoms with Crippen LogP contribution in [0.2, 0.25) is 0 Å². The second-order valence-electron chi connectivity index (χ2n) is 2.69. The topological polar surface area (TPSA) is 49.3 Å². The van der Waals surface area contributed by atoms with Gasteiger partial charge in [-0.2, -0.15) is 0 Å². The summed E-state index contributed by atoms with van der Waals surface area (Å²) in [7, 11) is 0. The summed E-state index contributed by atoms with van der Waals surface area (Å²) < 4.78 is 0. The monoisotopic (exact) mass is 223 g/mol. The van der Waals surface area contributed by atoms with Gasteiger partial charge in [-0.1, -0.05) is 15.9 Å². The Balaban J connectivity index is 3.51. The van der Waals surface area contributed by atoms with E-state index < -0.39 is 0 Å². The number of nitrogens with one attached hydrogen (secondary N) is 1. The third kappa shape index (κ3) is 6.31. The van der Waals surface area contributed by atoms with Gasteiger partial charge in [0.15, 0.2) is 0 Å². The molecule has 0 saturated carbocycles. The maximum Gasteiger partial charge on any atom is 0.230 e.